The van der Waals surface area contributed by atoms with Crippen LogP contribution in [0, 0.1) is 0 Å². The third kappa shape index (κ3) is 12.8. The fraction of sp³-hybridized carbons (Fsp3) is 0.293. The summed E-state index contributed by atoms with van der Waals surface area (Å²) < 4.78 is 0. The zero-order valence-corrected chi connectivity index (χ0v) is 31.2. The molecule has 4 aromatic carbocycles. The molecule has 0 bridgehead atoms. The van der Waals surface area contributed by atoms with Gasteiger partial charge in [0.2, 0.25) is 11.8 Å². The van der Waals surface area contributed by atoms with Crippen molar-refractivity contribution in [2.45, 2.75) is 38.5 Å². The molecule has 0 atom stereocenters. The zero-order valence-electron chi connectivity index (χ0n) is 31.2. The molecule has 0 aromatic heterocycles. The number of hydrogen-bond donors (Lipinski definition) is 8. The lowest BCUT2D eigenvalue weighted by molar-refractivity contribution is -0.117. The van der Waals surface area contributed by atoms with Crippen molar-refractivity contribution in [2.75, 3.05) is 81.8 Å². The van der Waals surface area contributed by atoms with Crippen molar-refractivity contribution in [3.05, 3.63) is 97.1 Å². The van der Waals surface area contributed by atoms with Gasteiger partial charge in [-0.2, -0.15) is 0 Å². The average Bonchev–Trinajstić information content (AvgIpc) is 3.90. The van der Waals surface area contributed by atoms with Crippen molar-refractivity contribution in [2.24, 2.45) is 0 Å². The zero-order chi connectivity index (χ0) is 39.1. The van der Waals surface area contributed by atoms with E-state index in [0.717, 1.165) is 39.3 Å². The molecule has 292 valence electrons. The number of carbonyl (C=O) groups excluding carboxylic acids is 5. The Kier molecular flexibility index (Phi) is 13.8. The molecule has 56 heavy (non-hydrogen) atoms. The van der Waals surface area contributed by atoms with E-state index in [1.165, 1.54) is 25.7 Å². The minimum Gasteiger partial charge on any atom is -0.326 e. The molecule has 0 saturated carbocycles. The van der Waals surface area contributed by atoms with Gasteiger partial charge in [-0.1, -0.05) is 12.1 Å². The highest BCUT2D eigenvalue weighted by atomic mass is 16.2. The summed E-state index contributed by atoms with van der Waals surface area (Å²) in [4.78, 5) is 67.4. The first-order chi connectivity index (χ1) is 27.2. The number of amides is 8. The van der Waals surface area contributed by atoms with E-state index in [-0.39, 0.29) is 11.8 Å². The van der Waals surface area contributed by atoms with Gasteiger partial charge in [0, 0.05) is 71.4 Å². The molecule has 6 rings (SSSR count). The maximum absolute atomic E-state index is 12.8. The minimum absolute atomic E-state index is 0.0470. The SMILES string of the molecule is O=C(CCN1CCCC1)Nc1ccc(NC(=O)Nc2cccc(NC(=O)Nc3cccc(NC(=O)Nc4ccc(NC(=O)CCN5CCCC5)cc4)c3)c2)cc1. The quantitative estimate of drug-likeness (QED) is 0.0655. The van der Waals surface area contributed by atoms with Gasteiger partial charge in [0.05, 0.1) is 0 Å². The van der Waals surface area contributed by atoms with E-state index in [1.54, 1.807) is 97.1 Å². The second-order valence-corrected chi connectivity index (χ2v) is 13.7. The Hall–Kier alpha value is -6.45. The van der Waals surface area contributed by atoms with E-state index in [1.807, 2.05) is 0 Å². The average molecular weight is 761 g/mol. The summed E-state index contributed by atoms with van der Waals surface area (Å²) >= 11 is 0. The summed E-state index contributed by atoms with van der Waals surface area (Å²) in [7, 11) is 0. The van der Waals surface area contributed by atoms with Crippen LogP contribution in [0.5, 0.6) is 0 Å². The number of nitrogens with zero attached hydrogens (tertiary/aromatic N) is 2. The van der Waals surface area contributed by atoms with Gasteiger partial charge in [0.1, 0.15) is 0 Å². The lowest BCUT2D eigenvalue weighted by Gasteiger charge is -2.14. The molecule has 0 radical (unpaired) electrons. The maximum atomic E-state index is 12.8. The fourth-order valence-electron chi connectivity index (χ4n) is 6.48. The van der Waals surface area contributed by atoms with Gasteiger partial charge >= 0.3 is 18.1 Å². The number of benzene rings is 4. The molecule has 8 N–H and O–H groups in total. The van der Waals surface area contributed by atoms with Crippen LogP contribution in [0.4, 0.5) is 59.9 Å². The third-order valence-electron chi connectivity index (χ3n) is 9.32. The molecular formula is C41H48N10O5. The fourth-order valence-corrected chi connectivity index (χ4v) is 6.48. The van der Waals surface area contributed by atoms with E-state index in [2.05, 4.69) is 52.3 Å². The van der Waals surface area contributed by atoms with Crippen LogP contribution >= 0.6 is 0 Å². The van der Waals surface area contributed by atoms with Gasteiger partial charge < -0.3 is 52.3 Å². The number of nitrogens with one attached hydrogen (secondary N) is 8. The van der Waals surface area contributed by atoms with E-state index in [4.69, 9.17) is 0 Å². The molecule has 15 nitrogen and oxygen atoms in total. The summed E-state index contributed by atoms with van der Waals surface area (Å²) in [5.41, 5.74) is 4.16. The number of hydrogen-bond acceptors (Lipinski definition) is 7. The smallest absolute Gasteiger partial charge is 0.323 e. The highest BCUT2D eigenvalue weighted by Crippen LogP contribution is 2.21. The normalized spacial score (nSPS) is 14.0. The standard InChI is InChI=1S/C41H48N10O5/c52-37(19-25-50-21-1-2-22-50)42-29-11-15-31(16-12-29)44-39(54)46-33-7-5-9-35(27-33)48-41(56)49-36-10-6-8-34(28-36)47-40(55)45-32-17-13-30(14-18-32)43-38(53)20-26-51-23-3-4-24-51/h5-18,27-28H,1-4,19-26H2,(H,42,52)(H,43,53)(H2,44,46,54)(H2,45,47,55)(H2,48,49,56). The molecule has 2 fully saturated rings. The van der Waals surface area contributed by atoms with E-state index >= 15 is 0 Å². The van der Waals surface area contributed by atoms with Crippen molar-refractivity contribution in [3.8, 4) is 0 Å². The molecule has 0 unspecified atom stereocenters. The lowest BCUT2D eigenvalue weighted by atomic mass is 10.2. The topological polar surface area (TPSA) is 188 Å². The molecule has 15 heteroatoms. The first-order valence-electron chi connectivity index (χ1n) is 18.9. The molecule has 0 aliphatic carbocycles. The second kappa shape index (κ2) is 19.8. The van der Waals surface area contributed by atoms with Crippen LogP contribution < -0.4 is 42.5 Å². The summed E-state index contributed by atoms with van der Waals surface area (Å²) in [6.45, 7) is 5.69. The van der Waals surface area contributed by atoms with Gasteiger partial charge in [-0.3, -0.25) is 9.59 Å². The summed E-state index contributed by atoms with van der Waals surface area (Å²) in [6, 6.07) is 25.6. The van der Waals surface area contributed by atoms with Crippen molar-refractivity contribution < 1.29 is 24.0 Å². The van der Waals surface area contributed by atoms with Gasteiger partial charge in [0.25, 0.3) is 0 Å². The molecule has 4 aromatic rings. The Bertz CT molecular complexity index is 1840. The van der Waals surface area contributed by atoms with E-state index in [0.29, 0.717) is 58.3 Å². The molecule has 2 heterocycles. The number of urea groups is 3. The largest absolute Gasteiger partial charge is 0.326 e. The van der Waals surface area contributed by atoms with Crippen molar-refractivity contribution in [1.82, 2.24) is 9.80 Å². The molecule has 2 saturated heterocycles. The highest BCUT2D eigenvalue weighted by molar-refractivity contribution is 6.04. The first kappa shape index (κ1) is 39.2. The molecule has 2 aliphatic rings. The Morgan fingerprint density at radius 3 is 0.946 bits per heavy atom. The van der Waals surface area contributed by atoms with E-state index < -0.39 is 18.1 Å². The minimum atomic E-state index is -0.528. The first-order valence-corrected chi connectivity index (χ1v) is 18.9. The van der Waals surface area contributed by atoms with Gasteiger partial charge in [-0.15, -0.1) is 0 Å². The van der Waals surface area contributed by atoms with Crippen LogP contribution in [-0.4, -0.2) is 79.0 Å². The Morgan fingerprint density at radius 1 is 0.375 bits per heavy atom. The van der Waals surface area contributed by atoms with Gasteiger partial charge in [0.15, 0.2) is 0 Å². The summed E-state index contributed by atoms with van der Waals surface area (Å²) in [5.74, 6) is -0.0939. The van der Waals surface area contributed by atoms with Crippen LogP contribution in [0.1, 0.15) is 38.5 Å². The third-order valence-corrected chi connectivity index (χ3v) is 9.32. The van der Waals surface area contributed by atoms with Gasteiger partial charge in [-0.25, -0.2) is 14.4 Å². The summed E-state index contributed by atoms with van der Waals surface area (Å²) in [6.07, 6.45) is 5.61. The van der Waals surface area contributed by atoms with Crippen LogP contribution in [0.25, 0.3) is 0 Å². The summed E-state index contributed by atoms with van der Waals surface area (Å²) in [5, 5.41) is 22.3. The highest BCUT2D eigenvalue weighted by Gasteiger charge is 2.15. The van der Waals surface area contributed by atoms with Crippen LogP contribution in [-0.2, 0) is 9.59 Å². The van der Waals surface area contributed by atoms with Crippen LogP contribution in [0.15, 0.2) is 97.1 Å². The number of anilines is 8. The second-order valence-electron chi connectivity index (χ2n) is 13.7. The van der Waals surface area contributed by atoms with Crippen molar-refractivity contribution in [3.63, 3.8) is 0 Å². The van der Waals surface area contributed by atoms with E-state index in [9.17, 15) is 24.0 Å². The molecular weight excluding hydrogens is 713 g/mol. The van der Waals surface area contributed by atoms with Gasteiger partial charge in [-0.05, 0) is 137 Å². The van der Waals surface area contributed by atoms with Crippen molar-refractivity contribution >= 4 is 75.4 Å². The Labute approximate surface area is 326 Å². The molecule has 2 aliphatic heterocycles. The van der Waals surface area contributed by atoms with Crippen molar-refractivity contribution in [1.29, 1.82) is 0 Å². The lowest BCUT2D eigenvalue weighted by Crippen LogP contribution is -2.25. The Balaban J connectivity index is 0.906. The molecule has 0 spiro atoms. The predicted molar refractivity (Wildman–Crippen MR) is 222 cm³/mol. The Morgan fingerprint density at radius 2 is 0.643 bits per heavy atom. The number of likely N-dealkylation sites (tertiary alicyclic amines) is 2. The monoisotopic (exact) mass is 760 g/mol. The predicted octanol–water partition coefficient (Wildman–Crippen LogP) is 7.47. The van der Waals surface area contributed by atoms with Crippen LogP contribution in [0.3, 0.4) is 0 Å². The maximum Gasteiger partial charge on any atom is 0.323 e. The van der Waals surface area contributed by atoms with Crippen LogP contribution in [0.2, 0.25) is 0 Å². The number of rotatable bonds is 14. The molecule has 8 amide bonds. The number of carbonyl (C=O) groups is 5.